The van der Waals surface area contributed by atoms with Gasteiger partial charge in [-0.15, -0.1) is 0 Å². The summed E-state index contributed by atoms with van der Waals surface area (Å²) in [5, 5.41) is 3.58. The molecule has 20 heavy (non-hydrogen) atoms. The summed E-state index contributed by atoms with van der Waals surface area (Å²) in [6.07, 6.45) is 4.58. The lowest BCUT2D eigenvalue weighted by molar-refractivity contribution is 0.742. The molecule has 0 fully saturated rings. The Morgan fingerprint density at radius 1 is 1.00 bits per heavy atom. The van der Waals surface area contributed by atoms with Gasteiger partial charge < -0.3 is 5.32 Å². The van der Waals surface area contributed by atoms with E-state index in [1.807, 2.05) is 0 Å². The molecule has 3 rings (SSSR count). The first-order valence-corrected chi connectivity index (χ1v) is 7.31. The van der Waals surface area contributed by atoms with E-state index in [9.17, 15) is 0 Å². The van der Waals surface area contributed by atoms with Gasteiger partial charge in [0.1, 0.15) is 0 Å². The van der Waals surface area contributed by atoms with Crippen LogP contribution in [-0.2, 0) is 13.0 Å². The van der Waals surface area contributed by atoms with Crippen molar-refractivity contribution in [3.05, 3.63) is 76.0 Å². The van der Waals surface area contributed by atoms with Crippen molar-refractivity contribution >= 4 is 6.08 Å². The van der Waals surface area contributed by atoms with Crippen molar-refractivity contribution in [2.24, 2.45) is 0 Å². The van der Waals surface area contributed by atoms with E-state index in [1.54, 1.807) is 0 Å². The summed E-state index contributed by atoms with van der Waals surface area (Å²) >= 11 is 0. The quantitative estimate of drug-likeness (QED) is 0.866. The number of rotatable bonds is 3. The van der Waals surface area contributed by atoms with Gasteiger partial charge in [-0.25, -0.2) is 0 Å². The molecule has 0 bridgehead atoms. The Bertz CT molecular complexity index is 638. The Morgan fingerprint density at radius 2 is 1.80 bits per heavy atom. The number of nitrogens with one attached hydrogen (secondary N) is 1. The summed E-state index contributed by atoms with van der Waals surface area (Å²) in [6.45, 7) is 5.31. The van der Waals surface area contributed by atoms with Gasteiger partial charge in [-0.05, 0) is 55.0 Å². The maximum atomic E-state index is 3.58. The predicted octanol–water partition coefficient (Wildman–Crippen LogP) is 4.38. The van der Waals surface area contributed by atoms with Crippen molar-refractivity contribution in [2.45, 2.75) is 33.2 Å². The van der Waals surface area contributed by atoms with Crippen LogP contribution in [0.4, 0.5) is 0 Å². The molecule has 0 aromatic heterocycles. The van der Waals surface area contributed by atoms with Crippen LogP contribution >= 0.6 is 0 Å². The van der Waals surface area contributed by atoms with Gasteiger partial charge in [0.25, 0.3) is 0 Å². The first-order valence-electron chi connectivity index (χ1n) is 7.31. The van der Waals surface area contributed by atoms with Crippen LogP contribution in [0.25, 0.3) is 6.08 Å². The fourth-order valence-corrected chi connectivity index (χ4v) is 2.97. The normalized spacial score (nSPS) is 13.6. The molecule has 0 amide bonds. The van der Waals surface area contributed by atoms with Crippen LogP contribution < -0.4 is 5.32 Å². The van der Waals surface area contributed by atoms with Crippen LogP contribution in [0.15, 0.2) is 48.2 Å². The number of fused-ring (bicyclic) bond motifs is 1. The molecule has 1 N–H and O–H groups in total. The number of allylic oxidation sites excluding steroid dienone is 1. The summed E-state index contributed by atoms with van der Waals surface area (Å²) in [5.41, 5.74) is 8.37. The maximum Gasteiger partial charge on any atom is 0.0397 e. The first-order chi connectivity index (χ1) is 9.72. The van der Waals surface area contributed by atoms with Crippen molar-refractivity contribution in [3.8, 4) is 0 Å². The molecule has 2 aromatic rings. The Kier molecular flexibility index (Phi) is 3.60. The van der Waals surface area contributed by atoms with Gasteiger partial charge >= 0.3 is 0 Å². The summed E-state index contributed by atoms with van der Waals surface area (Å²) in [4.78, 5) is 0. The van der Waals surface area contributed by atoms with Crippen molar-refractivity contribution in [1.82, 2.24) is 5.32 Å². The Morgan fingerprint density at radius 3 is 2.60 bits per heavy atom. The molecule has 1 aliphatic carbocycles. The minimum absolute atomic E-state index is 0.910. The molecule has 1 aliphatic rings. The van der Waals surface area contributed by atoms with Crippen molar-refractivity contribution < 1.29 is 0 Å². The Hall–Kier alpha value is -2.02. The highest BCUT2D eigenvalue weighted by Gasteiger charge is 2.12. The zero-order chi connectivity index (χ0) is 13.9. The molecular weight excluding hydrogens is 242 g/mol. The van der Waals surface area contributed by atoms with Gasteiger partial charge in [0.05, 0.1) is 0 Å². The van der Waals surface area contributed by atoms with E-state index in [2.05, 4.69) is 67.7 Å². The minimum Gasteiger partial charge on any atom is -0.384 e. The number of hydrogen-bond donors (Lipinski definition) is 1. The second-order valence-electron chi connectivity index (χ2n) is 5.66. The molecule has 0 saturated carbocycles. The maximum absolute atomic E-state index is 3.58. The van der Waals surface area contributed by atoms with Crippen LogP contribution in [0.5, 0.6) is 0 Å². The summed E-state index contributed by atoms with van der Waals surface area (Å²) in [6, 6.07) is 15.2. The molecular formula is C19H21N. The summed E-state index contributed by atoms with van der Waals surface area (Å²) < 4.78 is 0. The third kappa shape index (κ3) is 2.77. The third-order valence-corrected chi connectivity index (χ3v) is 3.99. The van der Waals surface area contributed by atoms with E-state index in [-0.39, 0.29) is 0 Å². The van der Waals surface area contributed by atoms with E-state index < -0.39 is 0 Å². The van der Waals surface area contributed by atoms with E-state index in [4.69, 9.17) is 0 Å². The van der Waals surface area contributed by atoms with Gasteiger partial charge in [0.15, 0.2) is 0 Å². The highest BCUT2D eigenvalue weighted by atomic mass is 14.9. The Labute approximate surface area is 121 Å². The molecule has 0 unspecified atom stereocenters. The van der Waals surface area contributed by atoms with E-state index in [1.165, 1.54) is 33.5 Å². The SMILES string of the molecule is Cc1cc(C)c2c(c1)C=C(NCc1ccccc1)CC2. The van der Waals surface area contributed by atoms with E-state index >= 15 is 0 Å². The van der Waals surface area contributed by atoms with Crippen molar-refractivity contribution in [3.63, 3.8) is 0 Å². The Balaban J connectivity index is 1.77. The molecule has 102 valence electrons. The average Bonchev–Trinajstić information content (AvgIpc) is 2.45. The first kappa shape index (κ1) is 13.0. The lowest BCUT2D eigenvalue weighted by atomic mass is 9.90. The number of benzene rings is 2. The van der Waals surface area contributed by atoms with Gasteiger partial charge in [-0.1, -0.05) is 48.0 Å². The number of hydrogen-bond acceptors (Lipinski definition) is 1. The molecule has 0 atom stereocenters. The molecule has 2 aromatic carbocycles. The molecule has 0 spiro atoms. The van der Waals surface area contributed by atoms with Crippen molar-refractivity contribution in [1.29, 1.82) is 0 Å². The second-order valence-corrected chi connectivity index (χ2v) is 5.66. The average molecular weight is 263 g/mol. The standard InChI is InChI=1S/C19H21N/c1-14-10-15(2)19-9-8-18(12-17(19)11-14)20-13-16-6-4-3-5-7-16/h3-7,10-12,20H,8-9,13H2,1-2H3. The molecule has 0 aliphatic heterocycles. The highest BCUT2D eigenvalue weighted by molar-refractivity contribution is 5.62. The lowest BCUT2D eigenvalue weighted by Crippen LogP contribution is -2.16. The summed E-state index contributed by atoms with van der Waals surface area (Å²) in [7, 11) is 0. The minimum atomic E-state index is 0.910. The fraction of sp³-hybridized carbons (Fsp3) is 0.263. The van der Waals surface area contributed by atoms with E-state index in [0.717, 1.165) is 19.4 Å². The largest absolute Gasteiger partial charge is 0.384 e. The lowest BCUT2D eigenvalue weighted by Gasteiger charge is -2.20. The van der Waals surface area contributed by atoms with Gasteiger partial charge in [0, 0.05) is 12.2 Å². The third-order valence-electron chi connectivity index (χ3n) is 3.99. The smallest absolute Gasteiger partial charge is 0.0397 e. The topological polar surface area (TPSA) is 12.0 Å². The molecule has 0 saturated heterocycles. The van der Waals surface area contributed by atoms with Crippen LogP contribution in [0.1, 0.15) is 34.2 Å². The van der Waals surface area contributed by atoms with Crippen LogP contribution in [0.3, 0.4) is 0 Å². The van der Waals surface area contributed by atoms with E-state index in [0.29, 0.717) is 0 Å². The molecule has 1 nitrogen and oxygen atoms in total. The number of aryl methyl sites for hydroxylation is 2. The van der Waals surface area contributed by atoms with Gasteiger partial charge in [0.2, 0.25) is 0 Å². The molecule has 1 heteroatoms. The van der Waals surface area contributed by atoms with Crippen LogP contribution in [-0.4, -0.2) is 0 Å². The molecule has 0 radical (unpaired) electrons. The van der Waals surface area contributed by atoms with Crippen LogP contribution in [0, 0.1) is 13.8 Å². The second kappa shape index (κ2) is 5.54. The predicted molar refractivity (Wildman–Crippen MR) is 85.5 cm³/mol. The van der Waals surface area contributed by atoms with Gasteiger partial charge in [-0.3, -0.25) is 0 Å². The van der Waals surface area contributed by atoms with Crippen molar-refractivity contribution in [2.75, 3.05) is 0 Å². The monoisotopic (exact) mass is 263 g/mol. The molecule has 0 heterocycles. The fourth-order valence-electron chi connectivity index (χ4n) is 2.97. The van der Waals surface area contributed by atoms with Crippen LogP contribution in [0.2, 0.25) is 0 Å². The highest BCUT2D eigenvalue weighted by Crippen LogP contribution is 2.26. The zero-order valence-electron chi connectivity index (χ0n) is 12.2. The summed E-state index contributed by atoms with van der Waals surface area (Å²) in [5.74, 6) is 0. The zero-order valence-corrected chi connectivity index (χ0v) is 12.2. The van der Waals surface area contributed by atoms with Gasteiger partial charge in [-0.2, -0.15) is 0 Å².